The number of amides is 1. The molecule has 0 fully saturated rings. The van der Waals surface area contributed by atoms with Gasteiger partial charge in [-0.15, -0.1) is 10.2 Å². The second-order valence-corrected chi connectivity index (χ2v) is 6.50. The fourth-order valence-corrected chi connectivity index (χ4v) is 3.37. The number of benzene rings is 2. The summed E-state index contributed by atoms with van der Waals surface area (Å²) < 4.78 is 1.78. The Morgan fingerprint density at radius 3 is 2.72 bits per heavy atom. The third-order valence-electron chi connectivity index (χ3n) is 4.80. The van der Waals surface area contributed by atoms with Crippen LogP contribution >= 0.6 is 0 Å². The van der Waals surface area contributed by atoms with Crippen LogP contribution in [0.25, 0.3) is 5.69 Å². The Kier molecular flexibility index (Phi) is 4.06. The zero-order valence-corrected chi connectivity index (χ0v) is 14.1. The number of nitrogens with zero attached hydrogens (tertiary/aromatic N) is 3. The predicted octanol–water partition coefficient (Wildman–Crippen LogP) is 3.25. The highest BCUT2D eigenvalue weighted by Crippen LogP contribution is 2.25. The van der Waals surface area contributed by atoms with Gasteiger partial charge in [-0.05, 0) is 61.1 Å². The number of rotatable bonds is 4. The van der Waals surface area contributed by atoms with E-state index in [2.05, 4.69) is 33.7 Å². The number of aromatic nitrogens is 3. The van der Waals surface area contributed by atoms with Crippen molar-refractivity contribution in [1.29, 1.82) is 0 Å². The van der Waals surface area contributed by atoms with Gasteiger partial charge >= 0.3 is 0 Å². The summed E-state index contributed by atoms with van der Waals surface area (Å²) in [5.41, 5.74) is 5.52. The van der Waals surface area contributed by atoms with E-state index in [1.807, 2.05) is 31.2 Å². The van der Waals surface area contributed by atoms with E-state index in [1.165, 1.54) is 24.0 Å². The van der Waals surface area contributed by atoms with E-state index in [0.29, 0.717) is 5.56 Å². The molecular weight excluding hydrogens is 312 g/mol. The number of carbonyl (C=O) groups is 1. The zero-order chi connectivity index (χ0) is 17.2. The molecule has 25 heavy (non-hydrogen) atoms. The highest BCUT2D eigenvalue weighted by atomic mass is 16.1. The molecule has 1 N–H and O–H groups in total. The Morgan fingerprint density at radius 1 is 1.08 bits per heavy atom. The smallest absolute Gasteiger partial charge is 0.251 e. The minimum absolute atomic E-state index is 0.0306. The van der Waals surface area contributed by atoms with Crippen LogP contribution in [0.4, 0.5) is 0 Å². The number of carbonyl (C=O) groups excluding carboxylic acids is 1. The average molecular weight is 332 g/mol. The summed E-state index contributed by atoms with van der Waals surface area (Å²) >= 11 is 0. The van der Waals surface area contributed by atoms with Crippen molar-refractivity contribution < 1.29 is 4.79 Å². The highest BCUT2D eigenvalue weighted by Gasteiger charge is 2.16. The van der Waals surface area contributed by atoms with Crippen LogP contribution in [0.5, 0.6) is 0 Å². The lowest BCUT2D eigenvalue weighted by molar-refractivity contribution is 0.0940. The molecule has 4 rings (SSSR count). The summed E-state index contributed by atoms with van der Waals surface area (Å²) in [7, 11) is 0. The van der Waals surface area contributed by atoms with Crippen molar-refractivity contribution in [2.75, 3.05) is 0 Å². The van der Waals surface area contributed by atoms with Crippen molar-refractivity contribution in [2.45, 2.75) is 32.2 Å². The first-order valence-corrected chi connectivity index (χ1v) is 8.58. The maximum atomic E-state index is 12.6. The molecule has 1 heterocycles. The summed E-state index contributed by atoms with van der Waals surface area (Å²) in [6.45, 7) is 2.03. The quantitative estimate of drug-likeness (QED) is 0.798. The van der Waals surface area contributed by atoms with E-state index in [4.69, 9.17) is 0 Å². The first kappa shape index (κ1) is 15.6. The number of fused-ring (bicyclic) bond motifs is 1. The van der Waals surface area contributed by atoms with Gasteiger partial charge < -0.3 is 5.32 Å². The van der Waals surface area contributed by atoms with Gasteiger partial charge in [0.15, 0.2) is 0 Å². The largest absolute Gasteiger partial charge is 0.346 e. The lowest BCUT2D eigenvalue weighted by Crippen LogP contribution is -2.26. The van der Waals surface area contributed by atoms with E-state index in [9.17, 15) is 4.79 Å². The highest BCUT2D eigenvalue weighted by molar-refractivity contribution is 5.95. The number of aryl methyl sites for hydroxylation is 2. The molecule has 0 aliphatic heterocycles. The molecule has 126 valence electrons. The maximum absolute atomic E-state index is 12.6. The lowest BCUT2D eigenvalue weighted by atomic mass is 10.0. The van der Waals surface area contributed by atoms with Crippen LogP contribution in [0.1, 0.15) is 46.4 Å². The summed E-state index contributed by atoms with van der Waals surface area (Å²) in [5, 5.41) is 10.7. The third kappa shape index (κ3) is 3.18. The molecule has 0 bridgehead atoms. The lowest BCUT2D eigenvalue weighted by Gasteiger charge is -2.16. The molecule has 0 radical (unpaired) electrons. The minimum atomic E-state index is -0.0806. The van der Waals surface area contributed by atoms with Crippen LogP contribution < -0.4 is 5.32 Å². The molecule has 1 atom stereocenters. The van der Waals surface area contributed by atoms with Gasteiger partial charge in [-0.1, -0.05) is 24.3 Å². The number of hydrogen-bond acceptors (Lipinski definition) is 3. The van der Waals surface area contributed by atoms with Crippen LogP contribution in [0.3, 0.4) is 0 Å². The molecule has 1 aliphatic carbocycles. The van der Waals surface area contributed by atoms with Gasteiger partial charge in [0, 0.05) is 11.3 Å². The van der Waals surface area contributed by atoms with E-state index in [1.54, 1.807) is 17.2 Å². The molecule has 0 saturated carbocycles. The van der Waals surface area contributed by atoms with E-state index in [-0.39, 0.29) is 11.9 Å². The van der Waals surface area contributed by atoms with Gasteiger partial charge in [-0.3, -0.25) is 9.36 Å². The van der Waals surface area contributed by atoms with Crippen LogP contribution in [-0.2, 0) is 12.8 Å². The van der Waals surface area contributed by atoms with Crippen molar-refractivity contribution in [2.24, 2.45) is 0 Å². The Bertz CT molecular complexity index is 902. The SMILES string of the molecule is CC(NC(=O)c1cccc(-n2cnnc2)c1)c1ccc2c(c1)CCC2. The molecule has 2 aromatic carbocycles. The van der Waals surface area contributed by atoms with Crippen molar-refractivity contribution in [3.05, 3.63) is 77.4 Å². The Hall–Kier alpha value is -2.95. The van der Waals surface area contributed by atoms with Gasteiger partial charge in [0.2, 0.25) is 0 Å². The summed E-state index contributed by atoms with van der Waals surface area (Å²) in [6, 6.07) is 14.0. The standard InChI is InChI=1S/C20H20N4O/c1-14(16-9-8-15-4-2-5-17(15)10-16)23-20(25)18-6-3-7-19(11-18)24-12-21-22-13-24/h3,6-14H,2,4-5H2,1H3,(H,23,25). The molecule has 1 unspecified atom stereocenters. The molecule has 5 heteroatoms. The average Bonchev–Trinajstić information content (AvgIpc) is 3.32. The van der Waals surface area contributed by atoms with E-state index < -0.39 is 0 Å². The summed E-state index contributed by atoms with van der Waals surface area (Å²) in [6.07, 6.45) is 6.78. The molecule has 1 aliphatic rings. The Morgan fingerprint density at radius 2 is 1.88 bits per heavy atom. The molecule has 5 nitrogen and oxygen atoms in total. The van der Waals surface area contributed by atoms with Crippen molar-refractivity contribution in [3.8, 4) is 5.69 Å². The Labute approximate surface area is 146 Å². The summed E-state index contributed by atoms with van der Waals surface area (Å²) in [5.74, 6) is -0.0806. The van der Waals surface area contributed by atoms with E-state index in [0.717, 1.165) is 17.7 Å². The van der Waals surface area contributed by atoms with Crippen LogP contribution in [0.15, 0.2) is 55.1 Å². The van der Waals surface area contributed by atoms with Crippen LogP contribution in [0.2, 0.25) is 0 Å². The van der Waals surface area contributed by atoms with Crippen molar-refractivity contribution in [3.63, 3.8) is 0 Å². The van der Waals surface area contributed by atoms with Crippen molar-refractivity contribution >= 4 is 5.91 Å². The maximum Gasteiger partial charge on any atom is 0.251 e. The number of nitrogens with one attached hydrogen (secondary N) is 1. The zero-order valence-electron chi connectivity index (χ0n) is 14.1. The van der Waals surface area contributed by atoms with Crippen LogP contribution in [0, 0.1) is 0 Å². The molecule has 3 aromatic rings. The van der Waals surface area contributed by atoms with Crippen molar-refractivity contribution in [1.82, 2.24) is 20.1 Å². The first-order chi connectivity index (χ1) is 12.2. The molecule has 0 saturated heterocycles. The van der Waals surface area contributed by atoms with Gasteiger partial charge in [-0.25, -0.2) is 0 Å². The third-order valence-corrected chi connectivity index (χ3v) is 4.80. The summed E-state index contributed by atoms with van der Waals surface area (Å²) in [4.78, 5) is 12.6. The van der Waals surface area contributed by atoms with E-state index >= 15 is 0 Å². The van der Waals surface area contributed by atoms with Gasteiger partial charge in [0.1, 0.15) is 12.7 Å². The van der Waals surface area contributed by atoms with Gasteiger partial charge in [0.25, 0.3) is 5.91 Å². The Balaban J connectivity index is 1.51. The molecular formula is C20H20N4O. The topological polar surface area (TPSA) is 59.8 Å². The minimum Gasteiger partial charge on any atom is -0.346 e. The first-order valence-electron chi connectivity index (χ1n) is 8.58. The fourth-order valence-electron chi connectivity index (χ4n) is 3.37. The molecule has 0 spiro atoms. The normalized spacial score (nSPS) is 14.1. The van der Waals surface area contributed by atoms with Gasteiger partial charge in [-0.2, -0.15) is 0 Å². The molecule has 1 amide bonds. The predicted molar refractivity (Wildman–Crippen MR) is 95.7 cm³/mol. The molecule has 1 aromatic heterocycles. The second-order valence-electron chi connectivity index (χ2n) is 6.50. The monoisotopic (exact) mass is 332 g/mol. The number of hydrogen-bond donors (Lipinski definition) is 1. The second kappa shape index (κ2) is 6.51. The van der Waals surface area contributed by atoms with Gasteiger partial charge in [0.05, 0.1) is 6.04 Å². The van der Waals surface area contributed by atoms with Crippen LogP contribution in [-0.4, -0.2) is 20.7 Å². The fraction of sp³-hybridized carbons (Fsp3) is 0.250.